The summed E-state index contributed by atoms with van der Waals surface area (Å²) in [5.41, 5.74) is 3.92. The van der Waals surface area contributed by atoms with Gasteiger partial charge in [0.05, 0.1) is 28.3 Å². The summed E-state index contributed by atoms with van der Waals surface area (Å²) >= 11 is 13.3. The number of anilines is 3. The lowest BCUT2D eigenvalue weighted by Crippen LogP contribution is -2.15. The lowest BCUT2D eigenvalue weighted by Gasteiger charge is -2.29. The minimum Gasteiger partial charge on any atom is -0.471 e. The number of hydrogen-bond donors (Lipinski definition) is 0. The van der Waals surface area contributed by atoms with Crippen LogP contribution in [0.25, 0.3) is 10.8 Å². The van der Waals surface area contributed by atoms with Crippen LogP contribution in [0.15, 0.2) is 77.6 Å². The summed E-state index contributed by atoms with van der Waals surface area (Å²) in [6.45, 7) is 6.50. The summed E-state index contributed by atoms with van der Waals surface area (Å²) in [5, 5.41) is 3.18. The largest absolute Gasteiger partial charge is 0.471 e. The van der Waals surface area contributed by atoms with E-state index in [-0.39, 0.29) is 5.41 Å². The quantitative estimate of drug-likeness (QED) is 0.337. The van der Waals surface area contributed by atoms with Crippen LogP contribution in [0.2, 0.25) is 10.0 Å². The average molecular weight is 410 g/mol. The molecular weight excluding hydrogens is 389 g/mol. The molecule has 0 saturated heterocycles. The molecule has 0 bridgehead atoms. The van der Waals surface area contributed by atoms with Crippen molar-refractivity contribution in [3.63, 3.8) is 0 Å². The van der Waals surface area contributed by atoms with Gasteiger partial charge < -0.3 is 9.32 Å². The van der Waals surface area contributed by atoms with Crippen molar-refractivity contribution in [2.75, 3.05) is 4.90 Å². The van der Waals surface area contributed by atoms with Gasteiger partial charge in [0.2, 0.25) is 0 Å². The van der Waals surface area contributed by atoms with Gasteiger partial charge >= 0.3 is 0 Å². The first-order valence-corrected chi connectivity index (χ1v) is 9.91. The Balaban J connectivity index is 1.98. The molecule has 2 nitrogen and oxygen atoms in total. The van der Waals surface area contributed by atoms with Crippen molar-refractivity contribution in [2.24, 2.45) is 0 Å². The highest BCUT2D eigenvalue weighted by Crippen LogP contribution is 2.44. The van der Waals surface area contributed by atoms with E-state index in [2.05, 4.69) is 56.0 Å². The molecule has 0 aliphatic heterocycles. The maximum Gasteiger partial charge on any atom is 0.0982 e. The van der Waals surface area contributed by atoms with Crippen molar-refractivity contribution in [1.29, 1.82) is 0 Å². The topological polar surface area (TPSA) is 16.4 Å². The molecule has 0 radical (unpaired) electrons. The number of fused-ring (bicyclic) bond motifs is 1. The van der Waals surface area contributed by atoms with Gasteiger partial charge in [-0.1, -0.05) is 62.2 Å². The molecule has 0 fully saturated rings. The second kappa shape index (κ2) is 7.20. The Labute approximate surface area is 175 Å². The highest BCUT2D eigenvalue weighted by Gasteiger charge is 2.22. The minimum absolute atomic E-state index is 0.0557. The molecule has 0 aliphatic carbocycles. The maximum atomic E-state index is 6.71. The van der Waals surface area contributed by atoms with E-state index in [4.69, 9.17) is 27.6 Å². The van der Waals surface area contributed by atoms with E-state index in [1.54, 1.807) is 12.5 Å². The first-order chi connectivity index (χ1) is 13.3. The lowest BCUT2D eigenvalue weighted by atomic mass is 9.86. The van der Waals surface area contributed by atoms with Gasteiger partial charge in [-0.15, -0.1) is 0 Å². The monoisotopic (exact) mass is 409 g/mol. The molecule has 0 amide bonds. The zero-order valence-corrected chi connectivity index (χ0v) is 17.6. The van der Waals surface area contributed by atoms with E-state index in [9.17, 15) is 0 Å². The Bertz CT molecular complexity index is 1130. The maximum absolute atomic E-state index is 6.71. The van der Waals surface area contributed by atoms with Gasteiger partial charge in [0, 0.05) is 22.1 Å². The first-order valence-electron chi connectivity index (χ1n) is 9.15. The highest BCUT2D eigenvalue weighted by atomic mass is 35.5. The van der Waals surface area contributed by atoms with E-state index < -0.39 is 0 Å². The number of hydrogen-bond acceptors (Lipinski definition) is 2. The number of nitrogens with zero attached hydrogens (tertiary/aromatic N) is 1. The van der Waals surface area contributed by atoms with Crippen LogP contribution in [-0.4, -0.2) is 0 Å². The van der Waals surface area contributed by atoms with Gasteiger partial charge in [-0.25, -0.2) is 0 Å². The van der Waals surface area contributed by atoms with Gasteiger partial charge in [-0.3, -0.25) is 0 Å². The first kappa shape index (κ1) is 18.9. The fraction of sp³-hybridized carbons (Fsp3) is 0.167. The van der Waals surface area contributed by atoms with Crippen LogP contribution in [0.5, 0.6) is 0 Å². The smallest absolute Gasteiger partial charge is 0.0982 e. The molecule has 0 spiro atoms. The fourth-order valence-electron chi connectivity index (χ4n) is 3.27. The van der Waals surface area contributed by atoms with E-state index in [1.165, 1.54) is 0 Å². The predicted octanol–water partition coefficient (Wildman–Crippen LogP) is 8.51. The molecule has 0 unspecified atom stereocenters. The van der Waals surface area contributed by atoms with Crippen LogP contribution in [0.3, 0.4) is 0 Å². The summed E-state index contributed by atoms with van der Waals surface area (Å²) in [6.07, 6.45) is 3.50. The predicted molar refractivity (Wildman–Crippen MR) is 120 cm³/mol. The molecule has 3 aromatic carbocycles. The fourth-order valence-corrected chi connectivity index (χ4v) is 3.67. The number of rotatable bonds is 3. The van der Waals surface area contributed by atoms with Crippen LogP contribution in [-0.2, 0) is 5.41 Å². The zero-order chi connectivity index (χ0) is 19.9. The van der Waals surface area contributed by atoms with E-state index in [0.717, 1.165) is 33.4 Å². The van der Waals surface area contributed by atoms with Crippen molar-refractivity contribution in [2.45, 2.75) is 26.2 Å². The normalized spacial score (nSPS) is 11.8. The number of benzene rings is 3. The van der Waals surface area contributed by atoms with E-state index in [1.807, 2.05) is 30.3 Å². The van der Waals surface area contributed by atoms with Crippen LogP contribution in [0.4, 0.5) is 17.1 Å². The SMILES string of the molecule is CC(C)(C)c1cc(Cl)c(Cl)c(N(c2ccccc2)c2ccc3cocc3c2)c1. The lowest BCUT2D eigenvalue weighted by molar-refractivity contribution is 0.572. The summed E-state index contributed by atoms with van der Waals surface area (Å²) < 4.78 is 5.35. The van der Waals surface area contributed by atoms with Crippen molar-refractivity contribution in [3.8, 4) is 0 Å². The third-order valence-corrected chi connectivity index (χ3v) is 5.64. The molecule has 4 heteroatoms. The van der Waals surface area contributed by atoms with E-state index in [0.29, 0.717) is 10.0 Å². The highest BCUT2D eigenvalue weighted by molar-refractivity contribution is 6.44. The second-order valence-corrected chi connectivity index (χ2v) is 8.68. The Morgan fingerprint density at radius 3 is 2.21 bits per heavy atom. The van der Waals surface area contributed by atoms with Gasteiger partial charge in [0.25, 0.3) is 0 Å². The molecule has 4 rings (SSSR count). The molecule has 4 aromatic rings. The van der Waals surface area contributed by atoms with Crippen molar-refractivity contribution < 1.29 is 4.42 Å². The summed E-state index contributed by atoms with van der Waals surface area (Å²) in [5.74, 6) is 0. The second-order valence-electron chi connectivity index (χ2n) is 7.90. The van der Waals surface area contributed by atoms with Crippen LogP contribution >= 0.6 is 23.2 Å². The Hall–Kier alpha value is -2.42. The van der Waals surface area contributed by atoms with E-state index >= 15 is 0 Å². The van der Waals surface area contributed by atoms with Crippen molar-refractivity contribution >= 4 is 51.0 Å². The summed E-state index contributed by atoms with van der Waals surface area (Å²) in [6, 6.07) is 20.5. The third kappa shape index (κ3) is 3.50. The van der Waals surface area contributed by atoms with Gasteiger partial charge in [-0.05, 0) is 53.4 Å². The molecule has 0 N–H and O–H groups in total. The summed E-state index contributed by atoms with van der Waals surface area (Å²) in [7, 11) is 0. The Kier molecular flexibility index (Phi) is 4.86. The Morgan fingerprint density at radius 2 is 1.50 bits per heavy atom. The molecular formula is C24H21Cl2NO. The number of halogens is 2. The molecule has 0 saturated carbocycles. The molecule has 28 heavy (non-hydrogen) atoms. The number of furan rings is 1. The van der Waals surface area contributed by atoms with Gasteiger partial charge in [0.1, 0.15) is 0 Å². The number of para-hydroxylation sites is 1. The van der Waals surface area contributed by atoms with Gasteiger partial charge in [-0.2, -0.15) is 0 Å². The van der Waals surface area contributed by atoms with Crippen LogP contribution < -0.4 is 4.90 Å². The molecule has 1 heterocycles. The van der Waals surface area contributed by atoms with Crippen molar-refractivity contribution in [3.05, 3.63) is 88.8 Å². The Morgan fingerprint density at radius 1 is 0.786 bits per heavy atom. The standard InChI is InChI=1S/C24H21Cl2NO/c1-24(2,3)18-12-21(25)23(26)22(13-18)27(19-7-5-4-6-8-19)20-10-9-16-14-28-15-17(16)11-20/h4-15H,1-3H3. The minimum atomic E-state index is -0.0557. The zero-order valence-electron chi connectivity index (χ0n) is 16.0. The van der Waals surface area contributed by atoms with Crippen molar-refractivity contribution in [1.82, 2.24) is 0 Å². The molecule has 1 aromatic heterocycles. The molecule has 0 atom stereocenters. The third-order valence-electron chi connectivity index (χ3n) is 4.85. The average Bonchev–Trinajstić information content (AvgIpc) is 3.13. The van der Waals surface area contributed by atoms with Gasteiger partial charge in [0.15, 0.2) is 0 Å². The van der Waals surface area contributed by atoms with Crippen LogP contribution in [0.1, 0.15) is 26.3 Å². The molecule has 0 aliphatic rings. The summed E-state index contributed by atoms with van der Waals surface area (Å²) in [4.78, 5) is 2.13. The van der Waals surface area contributed by atoms with Crippen LogP contribution in [0, 0.1) is 0 Å². The molecule has 142 valence electrons.